The fourth-order valence-electron chi connectivity index (χ4n) is 3.34. The number of amides is 1. The molecule has 3 rings (SSSR count). The van der Waals surface area contributed by atoms with Gasteiger partial charge in [-0.05, 0) is 45.2 Å². The first-order valence-electron chi connectivity index (χ1n) is 9.21. The van der Waals surface area contributed by atoms with Crippen molar-refractivity contribution < 1.29 is 13.2 Å². The number of aromatic nitrogens is 2. The summed E-state index contributed by atoms with van der Waals surface area (Å²) in [6.45, 7) is 7.12. The number of aryl methyl sites for hydroxylation is 3. The lowest BCUT2D eigenvalue weighted by molar-refractivity contribution is -0.120. The zero-order chi connectivity index (χ0) is 19.6. The van der Waals surface area contributed by atoms with Crippen LogP contribution in [0.3, 0.4) is 0 Å². The van der Waals surface area contributed by atoms with Crippen molar-refractivity contribution in [2.24, 2.45) is 5.92 Å². The van der Waals surface area contributed by atoms with Crippen LogP contribution in [0.2, 0.25) is 0 Å². The molecule has 8 heteroatoms. The molecule has 1 unspecified atom stereocenters. The zero-order valence-electron chi connectivity index (χ0n) is 16.0. The highest BCUT2D eigenvalue weighted by Gasteiger charge is 2.34. The average molecular weight is 391 g/mol. The molecule has 1 aromatic carbocycles. The number of nitrogens with zero attached hydrogens (tertiary/aromatic N) is 3. The number of imidazole rings is 1. The molecule has 0 radical (unpaired) electrons. The maximum absolute atomic E-state index is 12.9. The Labute approximate surface area is 160 Å². The van der Waals surface area contributed by atoms with Gasteiger partial charge in [-0.3, -0.25) is 4.79 Å². The molecule has 0 saturated carbocycles. The van der Waals surface area contributed by atoms with Crippen LogP contribution in [0.25, 0.3) is 0 Å². The SMILES string of the molecule is CCn1cnc(S(=O)(=O)N2CCCC(C(=O)Nc3ccc(C)cc3C)C2)c1. The predicted octanol–water partition coefficient (Wildman–Crippen LogP) is 2.56. The van der Waals surface area contributed by atoms with Gasteiger partial charge in [0.1, 0.15) is 0 Å². The zero-order valence-corrected chi connectivity index (χ0v) is 16.8. The Kier molecular flexibility index (Phi) is 5.67. The summed E-state index contributed by atoms with van der Waals surface area (Å²) in [5.41, 5.74) is 2.90. The molecule has 146 valence electrons. The minimum Gasteiger partial charge on any atom is -0.336 e. The summed E-state index contributed by atoms with van der Waals surface area (Å²) in [6, 6.07) is 5.85. The monoisotopic (exact) mass is 390 g/mol. The van der Waals surface area contributed by atoms with Crippen LogP contribution in [0.5, 0.6) is 0 Å². The molecule has 1 amide bonds. The number of carbonyl (C=O) groups excluding carboxylic acids is 1. The summed E-state index contributed by atoms with van der Waals surface area (Å²) in [6.07, 6.45) is 4.38. The third-order valence-electron chi connectivity index (χ3n) is 4.97. The molecule has 0 bridgehead atoms. The van der Waals surface area contributed by atoms with E-state index in [1.807, 2.05) is 39.0 Å². The van der Waals surface area contributed by atoms with Gasteiger partial charge in [-0.2, -0.15) is 4.31 Å². The highest BCUT2D eigenvalue weighted by atomic mass is 32.2. The van der Waals surface area contributed by atoms with Crippen LogP contribution in [0.1, 0.15) is 30.9 Å². The lowest BCUT2D eigenvalue weighted by Crippen LogP contribution is -2.43. The molecule has 27 heavy (non-hydrogen) atoms. The molecule has 1 atom stereocenters. The Balaban J connectivity index is 1.72. The highest BCUT2D eigenvalue weighted by molar-refractivity contribution is 7.89. The Morgan fingerprint density at radius 3 is 2.78 bits per heavy atom. The van der Waals surface area contributed by atoms with E-state index in [0.29, 0.717) is 25.9 Å². The smallest absolute Gasteiger partial charge is 0.262 e. The van der Waals surface area contributed by atoms with Gasteiger partial charge in [0.25, 0.3) is 10.0 Å². The number of piperidine rings is 1. The van der Waals surface area contributed by atoms with E-state index in [2.05, 4.69) is 10.3 Å². The van der Waals surface area contributed by atoms with Crippen LogP contribution in [-0.2, 0) is 21.4 Å². The van der Waals surface area contributed by atoms with Gasteiger partial charge in [-0.1, -0.05) is 17.7 Å². The minimum atomic E-state index is -3.68. The number of carbonyl (C=O) groups is 1. The molecule has 1 aliphatic rings. The largest absolute Gasteiger partial charge is 0.336 e. The summed E-state index contributed by atoms with van der Waals surface area (Å²) in [4.78, 5) is 16.7. The van der Waals surface area contributed by atoms with Gasteiger partial charge in [-0.25, -0.2) is 13.4 Å². The van der Waals surface area contributed by atoms with Crippen molar-refractivity contribution in [3.05, 3.63) is 41.9 Å². The summed E-state index contributed by atoms with van der Waals surface area (Å²) < 4.78 is 28.8. The number of hydrogen-bond acceptors (Lipinski definition) is 4. The van der Waals surface area contributed by atoms with Crippen LogP contribution in [0, 0.1) is 19.8 Å². The predicted molar refractivity (Wildman–Crippen MR) is 104 cm³/mol. The molecule has 1 aliphatic heterocycles. The van der Waals surface area contributed by atoms with E-state index in [9.17, 15) is 13.2 Å². The quantitative estimate of drug-likeness (QED) is 0.850. The standard InChI is InChI=1S/C19H26N4O3S/c1-4-22-12-18(20-13-22)27(25,26)23-9-5-6-16(11-23)19(24)21-17-8-7-14(2)10-15(17)3/h7-8,10,12-13,16H,4-6,9,11H2,1-3H3,(H,21,24). The van der Waals surface area contributed by atoms with E-state index in [-0.39, 0.29) is 23.4 Å². The third kappa shape index (κ3) is 4.22. The summed E-state index contributed by atoms with van der Waals surface area (Å²) >= 11 is 0. The minimum absolute atomic E-state index is 0.0415. The van der Waals surface area contributed by atoms with Crippen molar-refractivity contribution >= 4 is 21.6 Å². The van der Waals surface area contributed by atoms with E-state index in [1.165, 1.54) is 16.8 Å². The Bertz CT molecular complexity index is 936. The van der Waals surface area contributed by atoms with E-state index in [0.717, 1.165) is 16.8 Å². The molecule has 2 aromatic rings. The summed E-state index contributed by atoms with van der Waals surface area (Å²) in [5.74, 6) is -0.511. The van der Waals surface area contributed by atoms with Gasteiger partial charge >= 0.3 is 0 Å². The summed E-state index contributed by atoms with van der Waals surface area (Å²) in [7, 11) is -3.68. The van der Waals surface area contributed by atoms with Crippen molar-refractivity contribution in [2.75, 3.05) is 18.4 Å². The van der Waals surface area contributed by atoms with Gasteiger partial charge in [-0.15, -0.1) is 0 Å². The van der Waals surface area contributed by atoms with E-state index >= 15 is 0 Å². The topological polar surface area (TPSA) is 84.3 Å². The van der Waals surface area contributed by atoms with Crippen LogP contribution < -0.4 is 5.32 Å². The molecule has 7 nitrogen and oxygen atoms in total. The second-order valence-electron chi connectivity index (χ2n) is 7.05. The first-order chi connectivity index (χ1) is 12.8. The number of sulfonamides is 1. The third-order valence-corrected chi connectivity index (χ3v) is 6.72. The maximum Gasteiger partial charge on any atom is 0.262 e. The number of nitrogens with one attached hydrogen (secondary N) is 1. The Morgan fingerprint density at radius 1 is 1.33 bits per heavy atom. The number of rotatable bonds is 5. The van der Waals surface area contributed by atoms with E-state index in [1.54, 1.807) is 4.57 Å². The molecule has 0 spiro atoms. The molecule has 2 heterocycles. The second-order valence-corrected chi connectivity index (χ2v) is 8.94. The number of hydrogen-bond donors (Lipinski definition) is 1. The van der Waals surface area contributed by atoms with Gasteiger partial charge in [0.2, 0.25) is 5.91 Å². The van der Waals surface area contributed by atoms with Crippen LogP contribution in [0.15, 0.2) is 35.7 Å². The molecule has 1 fully saturated rings. The lowest BCUT2D eigenvalue weighted by Gasteiger charge is -2.30. The van der Waals surface area contributed by atoms with Gasteiger partial charge < -0.3 is 9.88 Å². The van der Waals surface area contributed by atoms with Crippen molar-refractivity contribution in [3.63, 3.8) is 0 Å². The van der Waals surface area contributed by atoms with E-state index < -0.39 is 10.0 Å². The lowest BCUT2D eigenvalue weighted by atomic mass is 9.98. The van der Waals surface area contributed by atoms with Crippen LogP contribution >= 0.6 is 0 Å². The molecular weight excluding hydrogens is 364 g/mol. The van der Waals surface area contributed by atoms with Crippen molar-refractivity contribution in [2.45, 2.75) is 45.2 Å². The fraction of sp³-hybridized carbons (Fsp3) is 0.474. The first-order valence-corrected chi connectivity index (χ1v) is 10.7. The average Bonchev–Trinajstić information content (AvgIpc) is 3.14. The Hall–Kier alpha value is -2.19. The van der Waals surface area contributed by atoms with Gasteiger partial charge in [0.15, 0.2) is 5.03 Å². The first kappa shape index (κ1) is 19.6. The number of anilines is 1. The summed E-state index contributed by atoms with van der Waals surface area (Å²) in [5, 5.41) is 2.99. The highest BCUT2D eigenvalue weighted by Crippen LogP contribution is 2.25. The Morgan fingerprint density at radius 2 is 2.11 bits per heavy atom. The van der Waals surface area contributed by atoms with Gasteiger partial charge in [0, 0.05) is 31.5 Å². The van der Waals surface area contributed by atoms with Crippen LogP contribution in [-0.4, -0.2) is 41.3 Å². The number of benzene rings is 1. The normalized spacial score (nSPS) is 18.4. The second kappa shape index (κ2) is 7.82. The van der Waals surface area contributed by atoms with Crippen LogP contribution in [0.4, 0.5) is 5.69 Å². The van der Waals surface area contributed by atoms with Crippen molar-refractivity contribution in [1.82, 2.24) is 13.9 Å². The molecule has 1 aromatic heterocycles. The van der Waals surface area contributed by atoms with Crippen molar-refractivity contribution in [3.8, 4) is 0 Å². The van der Waals surface area contributed by atoms with Gasteiger partial charge in [0.05, 0.1) is 12.2 Å². The fourth-order valence-corrected chi connectivity index (χ4v) is 4.80. The maximum atomic E-state index is 12.9. The van der Waals surface area contributed by atoms with E-state index in [4.69, 9.17) is 0 Å². The molecule has 0 aliphatic carbocycles. The molecule has 1 N–H and O–H groups in total. The van der Waals surface area contributed by atoms with Crippen molar-refractivity contribution in [1.29, 1.82) is 0 Å². The molecular formula is C19H26N4O3S. The molecule has 1 saturated heterocycles.